The number of methoxy groups -OCH3 is 1. The van der Waals surface area contributed by atoms with Crippen LogP contribution in [-0.2, 0) is 17.8 Å². The van der Waals surface area contributed by atoms with Gasteiger partial charge in [-0.1, -0.05) is 19.1 Å². The molecule has 0 bridgehead atoms. The standard InChI is InChI=1S/C15H29N5O/c1-4-6-16-10-14-11-20(18-17-14)9-8-19-7-5-13(2)15(12-19)21-3/h11,13,15-16H,4-10,12H2,1-3H3. The van der Waals surface area contributed by atoms with E-state index in [0.29, 0.717) is 12.0 Å². The van der Waals surface area contributed by atoms with Crippen LogP contribution in [0.25, 0.3) is 0 Å². The summed E-state index contributed by atoms with van der Waals surface area (Å²) < 4.78 is 7.51. The molecule has 6 nitrogen and oxygen atoms in total. The van der Waals surface area contributed by atoms with E-state index < -0.39 is 0 Å². The van der Waals surface area contributed by atoms with Crippen molar-refractivity contribution in [2.45, 2.75) is 45.9 Å². The van der Waals surface area contributed by atoms with E-state index in [2.05, 4.69) is 34.4 Å². The van der Waals surface area contributed by atoms with Gasteiger partial charge in [-0.3, -0.25) is 9.58 Å². The van der Waals surface area contributed by atoms with E-state index in [0.717, 1.165) is 51.4 Å². The van der Waals surface area contributed by atoms with Crippen LogP contribution in [0.4, 0.5) is 0 Å². The minimum atomic E-state index is 0.364. The van der Waals surface area contributed by atoms with E-state index in [1.165, 1.54) is 6.42 Å². The Hall–Kier alpha value is -0.980. The number of nitrogens with one attached hydrogen (secondary N) is 1. The molecule has 1 aliphatic heterocycles. The smallest absolute Gasteiger partial charge is 0.0964 e. The summed E-state index contributed by atoms with van der Waals surface area (Å²) in [5.41, 5.74) is 1.02. The summed E-state index contributed by atoms with van der Waals surface area (Å²) in [7, 11) is 1.82. The quantitative estimate of drug-likeness (QED) is 0.729. The van der Waals surface area contributed by atoms with Gasteiger partial charge in [0.05, 0.1) is 18.3 Å². The molecule has 2 rings (SSSR count). The Labute approximate surface area is 127 Å². The van der Waals surface area contributed by atoms with Crippen LogP contribution in [0.5, 0.6) is 0 Å². The second-order valence-corrected chi connectivity index (χ2v) is 5.99. The molecule has 0 spiro atoms. The lowest BCUT2D eigenvalue weighted by Crippen LogP contribution is -2.44. The van der Waals surface area contributed by atoms with Crippen LogP contribution in [0.3, 0.4) is 0 Å². The molecule has 0 aliphatic carbocycles. The second-order valence-electron chi connectivity index (χ2n) is 5.99. The van der Waals surface area contributed by atoms with Gasteiger partial charge in [-0.2, -0.15) is 0 Å². The maximum atomic E-state index is 5.56. The van der Waals surface area contributed by atoms with Gasteiger partial charge in [-0.25, -0.2) is 0 Å². The van der Waals surface area contributed by atoms with Gasteiger partial charge in [0.1, 0.15) is 0 Å². The highest BCUT2D eigenvalue weighted by molar-refractivity contribution is 4.91. The highest BCUT2D eigenvalue weighted by Crippen LogP contribution is 2.19. The van der Waals surface area contributed by atoms with Crippen molar-refractivity contribution in [1.29, 1.82) is 0 Å². The lowest BCUT2D eigenvalue weighted by atomic mass is 9.96. The molecule has 0 saturated carbocycles. The van der Waals surface area contributed by atoms with Gasteiger partial charge < -0.3 is 10.1 Å². The summed E-state index contributed by atoms with van der Waals surface area (Å²) in [6, 6.07) is 0. The average molecular weight is 295 g/mol. The van der Waals surface area contributed by atoms with E-state index in [1.807, 2.05) is 18.0 Å². The van der Waals surface area contributed by atoms with Crippen molar-refractivity contribution in [2.24, 2.45) is 5.92 Å². The molecule has 1 aliphatic rings. The third kappa shape index (κ3) is 5.05. The molecule has 0 radical (unpaired) electrons. The monoisotopic (exact) mass is 295 g/mol. The number of nitrogens with zero attached hydrogens (tertiary/aromatic N) is 4. The molecule has 120 valence electrons. The lowest BCUT2D eigenvalue weighted by molar-refractivity contribution is -0.00598. The van der Waals surface area contributed by atoms with Crippen molar-refractivity contribution in [3.8, 4) is 0 Å². The summed E-state index contributed by atoms with van der Waals surface area (Å²) in [5, 5.41) is 11.8. The zero-order valence-corrected chi connectivity index (χ0v) is 13.6. The van der Waals surface area contributed by atoms with Gasteiger partial charge in [0.15, 0.2) is 0 Å². The first kappa shape index (κ1) is 16.4. The van der Waals surface area contributed by atoms with E-state index >= 15 is 0 Å². The summed E-state index contributed by atoms with van der Waals surface area (Å²) in [6.07, 6.45) is 4.76. The van der Waals surface area contributed by atoms with Crippen LogP contribution in [0.2, 0.25) is 0 Å². The number of aromatic nitrogens is 3. The molecule has 2 unspecified atom stereocenters. The molecule has 1 aromatic rings. The van der Waals surface area contributed by atoms with Crippen LogP contribution in [-0.4, -0.2) is 59.3 Å². The Balaban J connectivity index is 1.73. The van der Waals surface area contributed by atoms with Gasteiger partial charge in [0, 0.05) is 32.9 Å². The zero-order chi connectivity index (χ0) is 15.1. The van der Waals surface area contributed by atoms with E-state index in [9.17, 15) is 0 Å². The predicted molar refractivity (Wildman–Crippen MR) is 83.0 cm³/mol. The number of likely N-dealkylation sites (tertiary alicyclic amines) is 1. The normalized spacial score (nSPS) is 23.6. The number of piperidine rings is 1. The Bertz CT molecular complexity index is 409. The average Bonchev–Trinajstić information content (AvgIpc) is 2.94. The Morgan fingerprint density at radius 2 is 2.29 bits per heavy atom. The molecular weight excluding hydrogens is 266 g/mol. The van der Waals surface area contributed by atoms with Crippen LogP contribution in [0.15, 0.2) is 6.20 Å². The number of hydrogen-bond donors (Lipinski definition) is 1. The molecule has 2 atom stereocenters. The van der Waals surface area contributed by atoms with Crippen molar-refractivity contribution < 1.29 is 4.74 Å². The fraction of sp³-hybridized carbons (Fsp3) is 0.867. The van der Waals surface area contributed by atoms with Crippen molar-refractivity contribution in [1.82, 2.24) is 25.2 Å². The fourth-order valence-electron chi connectivity index (χ4n) is 2.77. The molecule has 21 heavy (non-hydrogen) atoms. The molecular formula is C15H29N5O. The Morgan fingerprint density at radius 3 is 3.05 bits per heavy atom. The Kier molecular flexibility index (Phi) is 6.60. The minimum absolute atomic E-state index is 0.364. The second kappa shape index (κ2) is 8.46. The van der Waals surface area contributed by atoms with Crippen molar-refractivity contribution >= 4 is 0 Å². The first-order valence-electron chi connectivity index (χ1n) is 8.07. The number of rotatable bonds is 8. The molecule has 6 heteroatoms. The molecule has 2 heterocycles. The first-order chi connectivity index (χ1) is 10.2. The maximum absolute atomic E-state index is 5.56. The van der Waals surface area contributed by atoms with E-state index in [1.54, 1.807) is 0 Å². The van der Waals surface area contributed by atoms with Gasteiger partial charge in [0.2, 0.25) is 0 Å². The molecule has 1 saturated heterocycles. The van der Waals surface area contributed by atoms with Gasteiger partial charge in [-0.15, -0.1) is 5.10 Å². The predicted octanol–water partition coefficient (Wildman–Crippen LogP) is 1.13. The van der Waals surface area contributed by atoms with Crippen LogP contribution >= 0.6 is 0 Å². The van der Waals surface area contributed by atoms with E-state index in [-0.39, 0.29) is 0 Å². The zero-order valence-electron chi connectivity index (χ0n) is 13.6. The van der Waals surface area contributed by atoms with Crippen LogP contribution in [0.1, 0.15) is 32.4 Å². The highest BCUT2D eigenvalue weighted by Gasteiger charge is 2.25. The lowest BCUT2D eigenvalue weighted by Gasteiger charge is -2.36. The van der Waals surface area contributed by atoms with Crippen LogP contribution in [0, 0.1) is 5.92 Å². The number of hydrogen-bond acceptors (Lipinski definition) is 5. The first-order valence-corrected chi connectivity index (χ1v) is 8.07. The summed E-state index contributed by atoms with van der Waals surface area (Å²) >= 11 is 0. The highest BCUT2D eigenvalue weighted by atomic mass is 16.5. The number of ether oxygens (including phenoxy) is 1. The molecule has 1 aromatic heterocycles. The largest absolute Gasteiger partial charge is 0.380 e. The van der Waals surface area contributed by atoms with Crippen molar-refractivity contribution in [2.75, 3.05) is 33.3 Å². The minimum Gasteiger partial charge on any atom is -0.380 e. The topological polar surface area (TPSA) is 55.2 Å². The van der Waals surface area contributed by atoms with Gasteiger partial charge >= 0.3 is 0 Å². The third-order valence-corrected chi connectivity index (χ3v) is 4.24. The Morgan fingerprint density at radius 1 is 1.43 bits per heavy atom. The maximum Gasteiger partial charge on any atom is 0.0964 e. The summed E-state index contributed by atoms with van der Waals surface area (Å²) in [4.78, 5) is 2.46. The van der Waals surface area contributed by atoms with Crippen molar-refractivity contribution in [3.05, 3.63) is 11.9 Å². The molecule has 1 N–H and O–H groups in total. The molecule has 0 amide bonds. The third-order valence-electron chi connectivity index (χ3n) is 4.24. The molecule has 1 fully saturated rings. The fourth-order valence-corrected chi connectivity index (χ4v) is 2.77. The SMILES string of the molecule is CCCNCc1cn(CCN2CCC(C)C(OC)C2)nn1. The van der Waals surface area contributed by atoms with E-state index in [4.69, 9.17) is 4.74 Å². The summed E-state index contributed by atoms with van der Waals surface area (Å²) in [5.74, 6) is 0.661. The summed E-state index contributed by atoms with van der Waals surface area (Å²) in [6.45, 7) is 10.4. The van der Waals surface area contributed by atoms with Gasteiger partial charge in [0.25, 0.3) is 0 Å². The van der Waals surface area contributed by atoms with Gasteiger partial charge in [-0.05, 0) is 31.8 Å². The van der Waals surface area contributed by atoms with Crippen molar-refractivity contribution in [3.63, 3.8) is 0 Å². The van der Waals surface area contributed by atoms with Crippen LogP contribution < -0.4 is 5.32 Å². The molecule has 0 aromatic carbocycles.